The molecule has 0 spiro atoms. The third-order valence-electron chi connectivity index (χ3n) is 4.18. The number of aryl methyl sites for hydroxylation is 1. The number of aromatic nitrogens is 2. The molecule has 0 aliphatic carbocycles. The Morgan fingerprint density at radius 3 is 2.96 bits per heavy atom. The molecule has 1 atom stereocenters. The quantitative estimate of drug-likeness (QED) is 0.908. The summed E-state index contributed by atoms with van der Waals surface area (Å²) >= 11 is 0. The molecule has 2 heterocycles. The van der Waals surface area contributed by atoms with Crippen molar-refractivity contribution >= 4 is 11.7 Å². The predicted octanol–water partition coefficient (Wildman–Crippen LogP) is 1.85. The standard InChI is InChI=1S/C17H21FN4O2/c1-21-9-7-16(20-21)22-8-3-4-14(17(22)23)19-11-12-5-6-13(18)15(10-12)24-2/h5-7,9-10,14,19H,3-4,8,11H2,1-2H3/t14-/m0/s1. The van der Waals surface area contributed by atoms with Crippen LogP contribution in [-0.4, -0.2) is 35.4 Å². The van der Waals surface area contributed by atoms with Gasteiger partial charge in [0.25, 0.3) is 0 Å². The molecule has 1 amide bonds. The summed E-state index contributed by atoms with van der Waals surface area (Å²) in [5, 5.41) is 7.57. The molecule has 0 bridgehead atoms. The monoisotopic (exact) mass is 332 g/mol. The number of nitrogens with one attached hydrogen (secondary N) is 1. The van der Waals surface area contributed by atoms with Crippen LogP contribution in [0.2, 0.25) is 0 Å². The van der Waals surface area contributed by atoms with Gasteiger partial charge in [-0.1, -0.05) is 6.07 Å². The van der Waals surface area contributed by atoms with Gasteiger partial charge in [-0.25, -0.2) is 4.39 Å². The number of rotatable bonds is 5. The van der Waals surface area contributed by atoms with E-state index in [9.17, 15) is 9.18 Å². The number of ether oxygens (including phenoxy) is 1. The summed E-state index contributed by atoms with van der Waals surface area (Å²) in [4.78, 5) is 14.4. The van der Waals surface area contributed by atoms with Gasteiger partial charge in [-0.3, -0.25) is 14.4 Å². The number of halogens is 1. The van der Waals surface area contributed by atoms with Gasteiger partial charge >= 0.3 is 0 Å². The number of hydrogen-bond acceptors (Lipinski definition) is 4. The van der Waals surface area contributed by atoms with Crippen LogP contribution in [0.3, 0.4) is 0 Å². The van der Waals surface area contributed by atoms with Crippen LogP contribution in [0.1, 0.15) is 18.4 Å². The lowest BCUT2D eigenvalue weighted by atomic mass is 10.0. The second-order valence-corrected chi connectivity index (χ2v) is 5.88. The van der Waals surface area contributed by atoms with E-state index in [0.717, 1.165) is 18.4 Å². The molecule has 1 aromatic heterocycles. The summed E-state index contributed by atoms with van der Waals surface area (Å²) in [6.07, 6.45) is 3.51. The number of piperidine rings is 1. The minimum Gasteiger partial charge on any atom is -0.494 e. The lowest BCUT2D eigenvalue weighted by molar-refractivity contribution is -0.121. The molecule has 1 aromatic carbocycles. The number of hydrogen-bond donors (Lipinski definition) is 1. The van der Waals surface area contributed by atoms with Gasteiger partial charge < -0.3 is 10.1 Å². The van der Waals surface area contributed by atoms with Crippen molar-refractivity contribution in [2.24, 2.45) is 7.05 Å². The fraction of sp³-hybridized carbons (Fsp3) is 0.412. The summed E-state index contributed by atoms with van der Waals surface area (Å²) < 4.78 is 20.1. The van der Waals surface area contributed by atoms with Crippen molar-refractivity contribution in [3.05, 3.63) is 41.8 Å². The highest BCUT2D eigenvalue weighted by Gasteiger charge is 2.30. The van der Waals surface area contributed by atoms with E-state index in [1.165, 1.54) is 13.2 Å². The van der Waals surface area contributed by atoms with Crippen LogP contribution in [0.15, 0.2) is 30.5 Å². The van der Waals surface area contributed by atoms with Gasteiger partial charge in [0.2, 0.25) is 5.91 Å². The number of anilines is 1. The Kier molecular flexibility index (Phi) is 4.80. The smallest absolute Gasteiger partial charge is 0.245 e. The second-order valence-electron chi connectivity index (χ2n) is 5.88. The Hall–Kier alpha value is -2.41. The van der Waals surface area contributed by atoms with Crippen molar-refractivity contribution in [1.82, 2.24) is 15.1 Å². The zero-order valence-electron chi connectivity index (χ0n) is 13.8. The molecule has 0 saturated carbocycles. The van der Waals surface area contributed by atoms with Gasteiger partial charge in [0.1, 0.15) is 0 Å². The Balaban J connectivity index is 1.65. The summed E-state index contributed by atoms with van der Waals surface area (Å²) in [6, 6.07) is 6.28. The maximum absolute atomic E-state index is 13.5. The SMILES string of the molecule is COc1cc(CN[C@H]2CCCN(c3ccn(C)n3)C2=O)ccc1F. The minimum absolute atomic E-state index is 0.0222. The first-order valence-electron chi connectivity index (χ1n) is 7.95. The number of carbonyl (C=O) groups excluding carboxylic acids is 1. The van der Waals surface area contributed by atoms with Crippen molar-refractivity contribution in [2.75, 3.05) is 18.6 Å². The number of carbonyl (C=O) groups is 1. The average Bonchev–Trinajstić information content (AvgIpc) is 3.01. The molecule has 0 radical (unpaired) electrons. The molecule has 1 saturated heterocycles. The minimum atomic E-state index is -0.392. The Bertz CT molecular complexity index is 731. The Labute approximate surface area is 140 Å². The van der Waals surface area contributed by atoms with Gasteiger partial charge in [0.15, 0.2) is 17.4 Å². The lowest BCUT2D eigenvalue weighted by Crippen LogP contribution is -2.50. The number of nitrogens with zero attached hydrogens (tertiary/aromatic N) is 3. The topological polar surface area (TPSA) is 59.4 Å². The van der Waals surface area contributed by atoms with E-state index < -0.39 is 5.82 Å². The molecule has 1 N–H and O–H groups in total. The lowest BCUT2D eigenvalue weighted by Gasteiger charge is -2.31. The molecule has 1 fully saturated rings. The Morgan fingerprint density at radius 1 is 1.42 bits per heavy atom. The maximum Gasteiger partial charge on any atom is 0.245 e. The highest BCUT2D eigenvalue weighted by atomic mass is 19.1. The third kappa shape index (κ3) is 3.41. The highest BCUT2D eigenvalue weighted by Crippen LogP contribution is 2.21. The molecule has 1 aliphatic heterocycles. The van der Waals surface area contributed by atoms with Gasteiger partial charge in [0.05, 0.1) is 13.2 Å². The van der Waals surface area contributed by atoms with Crippen LogP contribution in [0.5, 0.6) is 5.75 Å². The zero-order chi connectivity index (χ0) is 17.1. The number of amides is 1. The fourth-order valence-corrected chi connectivity index (χ4v) is 2.89. The van der Waals surface area contributed by atoms with E-state index >= 15 is 0 Å². The fourth-order valence-electron chi connectivity index (χ4n) is 2.89. The van der Waals surface area contributed by atoms with Crippen molar-refractivity contribution < 1.29 is 13.9 Å². The van der Waals surface area contributed by atoms with Crippen molar-refractivity contribution in [3.8, 4) is 5.75 Å². The average molecular weight is 332 g/mol. The molecule has 2 aromatic rings. The molecule has 128 valence electrons. The van der Waals surface area contributed by atoms with Crippen LogP contribution in [0.4, 0.5) is 10.2 Å². The molecule has 3 rings (SSSR count). The van der Waals surface area contributed by atoms with Crippen molar-refractivity contribution in [1.29, 1.82) is 0 Å². The second kappa shape index (κ2) is 7.00. The summed E-state index contributed by atoms with van der Waals surface area (Å²) in [7, 11) is 3.26. The molecule has 1 aliphatic rings. The number of benzene rings is 1. The summed E-state index contributed by atoms with van der Waals surface area (Å²) in [5.41, 5.74) is 0.871. The number of methoxy groups -OCH3 is 1. The van der Waals surface area contributed by atoms with E-state index in [1.807, 2.05) is 19.3 Å². The van der Waals surface area contributed by atoms with Crippen molar-refractivity contribution in [3.63, 3.8) is 0 Å². The van der Waals surface area contributed by atoms with Crippen LogP contribution in [-0.2, 0) is 18.4 Å². The first kappa shape index (κ1) is 16.4. The highest BCUT2D eigenvalue weighted by molar-refractivity contribution is 5.97. The van der Waals surface area contributed by atoms with E-state index in [-0.39, 0.29) is 17.7 Å². The van der Waals surface area contributed by atoms with Crippen LogP contribution >= 0.6 is 0 Å². The normalized spacial score (nSPS) is 18.0. The van der Waals surface area contributed by atoms with Gasteiger partial charge in [0, 0.05) is 32.4 Å². The molecular weight excluding hydrogens is 311 g/mol. The summed E-state index contributed by atoms with van der Waals surface area (Å²) in [6.45, 7) is 1.15. The first-order valence-corrected chi connectivity index (χ1v) is 7.95. The zero-order valence-corrected chi connectivity index (χ0v) is 13.8. The largest absolute Gasteiger partial charge is 0.494 e. The molecule has 6 nitrogen and oxygen atoms in total. The van der Waals surface area contributed by atoms with E-state index in [4.69, 9.17) is 4.74 Å². The molecule has 0 unspecified atom stereocenters. The molecule has 7 heteroatoms. The molecular formula is C17H21FN4O2. The summed E-state index contributed by atoms with van der Waals surface area (Å²) in [5.74, 6) is 0.516. The molecule has 24 heavy (non-hydrogen) atoms. The maximum atomic E-state index is 13.5. The van der Waals surface area contributed by atoms with Gasteiger partial charge in [-0.2, -0.15) is 5.10 Å². The van der Waals surface area contributed by atoms with Crippen LogP contribution in [0, 0.1) is 5.82 Å². The van der Waals surface area contributed by atoms with Gasteiger partial charge in [-0.05, 0) is 30.5 Å². The van der Waals surface area contributed by atoms with Crippen LogP contribution < -0.4 is 15.0 Å². The van der Waals surface area contributed by atoms with Crippen LogP contribution in [0.25, 0.3) is 0 Å². The first-order chi connectivity index (χ1) is 11.6. The van der Waals surface area contributed by atoms with Gasteiger partial charge in [-0.15, -0.1) is 0 Å². The van der Waals surface area contributed by atoms with Crippen molar-refractivity contribution in [2.45, 2.75) is 25.4 Å². The Morgan fingerprint density at radius 2 is 2.25 bits per heavy atom. The van der Waals surface area contributed by atoms with E-state index in [1.54, 1.807) is 21.7 Å². The predicted molar refractivity (Wildman–Crippen MR) is 88.4 cm³/mol. The van der Waals surface area contributed by atoms with E-state index in [0.29, 0.717) is 18.9 Å². The van der Waals surface area contributed by atoms with E-state index in [2.05, 4.69) is 10.4 Å². The third-order valence-corrected chi connectivity index (χ3v) is 4.18.